The van der Waals surface area contributed by atoms with E-state index in [1.54, 1.807) is 0 Å². The zero-order chi connectivity index (χ0) is 14.6. The molecule has 2 N–H and O–H groups in total. The summed E-state index contributed by atoms with van der Waals surface area (Å²) >= 11 is 0. The molecular weight excluding hydrogens is 269 g/mol. The van der Waals surface area contributed by atoms with Crippen LogP contribution in [0.3, 0.4) is 0 Å². The summed E-state index contributed by atoms with van der Waals surface area (Å²) in [5.74, 6) is 0. The first kappa shape index (κ1) is 14.9. The van der Waals surface area contributed by atoms with Crippen LogP contribution in [0.25, 0.3) is 10.9 Å². The topological polar surface area (TPSA) is 40.2 Å². The summed E-state index contributed by atoms with van der Waals surface area (Å²) < 4.78 is 42.4. The van der Waals surface area contributed by atoms with Crippen molar-refractivity contribution in [2.45, 2.75) is 19.1 Å². The molecule has 0 fully saturated rings. The molecule has 110 valence electrons. The van der Waals surface area contributed by atoms with E-state index in [0.29, 0.717) is 13.1 Å². The lowest BCUT2D eigenvalue weighted by atomic mass is 10.1. The molecule has 0 aliphatic rings. The Morgan fingerprint density at radius 2 is 2.00 bits per heavy atom. The summed E-state index contributed by atoms with van der Waals surface area (Å²) in [4.78, 5) is 0. The van der Waals surface area contributed by atoms with Crippen LogP contribution in [0, 0.1) is 0 Å². The molecule has 2 rings (SSSR count). The zero-order valence-corrected chi connectivity index (χ0v) is 11.0. The average Bonchev–Trinajstić information content (AvgIpc) is 2.76. The molecule has 20 heavy (non-hydrogen) atoms. The Labute approximate surface area is 115 Å². The van der Waals surface area contributed by atoms with Gasteiger partial charge in [0.2, 0.25) is 0 Å². The van der Waals surface area contributed by atoms with Gasteiger partial charge >= 0.3 is 6.18 Å². The van der Waals surface area contributed by atoms with Crippen molar-refractivity contribution >= 4 is 10.9 Å². The number of hydrogen-bond donors (Lipinski definition) is 1. The number of benzene rings is 1. The molecule has 0 radical (unpaired) electrons. The summed E-state index contributed by atoms with van der Waals surface area (Å²) in [6.45, 7) is -0.173. The number of alkyl halides is 3. The molecule has 0 saturated carbocycles. The number of rotatable bonds is 6. The van der Waals surface area contributed by atoms with Gasteiger partial charge in [-0.2, -0.15) is 13.2 Å². The molecular formula is C14H17F3N2O. The molecule has 0 atom stereocenters. The van der Waals surface area contributed by atoms with Gasteiger partial charge < -0.3 is 15.0 Å². The Bertz CT molecular complexity index is 563. The lowest BCUT2D eigenvalue weighted by Gasteiger charge is -2.09. The molecule has 3 nitrogen and oxygen atoms in total. The molecule has 0 spiro atoms. The van der Waals surface area contributed by atoms with E-state index in [0.717, 1.165) is 22.9 Å². The molecule has 0 unspecified atom stereocenters. The van der Waals surface area contributed by atoms with Crippen LogP contribution in [-0.2, 0) is 17.7 Å². The van der Waals surface area contributed by atoms with Crippen molar-refractivity contribution in [2.24, 2.45) is 5.73 Å². The number of ether oxygens (including phenoxy) is 1. The number of hydrogen-bond acceptors (Lipinski definition) is 2. The molecule has 1 aromatic heterocycles. The Balaban J connectivity index is 1.97. The van der Waals surface area contributed by atoms with E-state index in [1.165, 1.54) is 0 Å². The normalized spacial score (nSPS) is 12.2. The Kier molecular flexibility index (Phi) is 4.67. The van der Waals surface area contributed by atoms with Crippen LogP contribution >= 0.6 is 0 Å². The first-order chi connectivity index (χ1) is 9.49. The molecule has 6 heteroatoms. The third-order valence-corrected chi connectivity index (χ3v) is 3.01. The van der Waals surface area contributed by atoms with Crippen molar-refractivity contribution in [2.75, 3.05) is 19.8 Å². The fourth-order valence-electron chi connectivity index (χ4n) is 2.12. The van der Waals surface area contributed by atoms with Gasteiger partial charge in [0.1, 0.15) is 6.61 Å². The van der Waals surface area contributed by atoms with Crippen LogP contribution in [0.15, 0.2) is 30.5 Å². The maximum absolute atomic E-state index is 11.9. The van der Waals surface area contributed by atoms with Crippen molar-refractivity contribution in [3.8, 4) is 0 Å². The molecule has 0 aliphatic heterocycles. The smallest absolute Gasteiger partial charge is 0.370 e. The third kappa shape index (κ3) is 3.98. The van der Waals surface area contributed by atoms with Gasteiger partial charge in [0.15, 0.2) is 0 Å². The number of aromatic nitrogens is 1. The van der Waals surface area contributed by atoms with Gasteiger partial charge in [0.25, 0.3) is 0 Å². The summed E-state index contributed by atoms with van der Waals surface area (Å²) in [7, 11) is 0. The monoisotopic (exact) mass is 286 g/mol. The minimum Gasteiger partial charge on any atom is -0.370 e. The number of halogens is 3. The standard InChI is InChI=1S/C14H17F3N2O/c15-14(16,17)10-20-8-7-19-6-4-12-9-11(3-5-18)1-2-13(12)19/h1-2,4,6,9H,3,5,7-8,10,18H2. The van der Waals surface area contributed by atoms with Gasteiger partial charge in [0, 0.05) is 18.3 Å². The highest BCUT2D eigenvalue weighted by Crippen LogP contribution is 2.18. The molecule has 0 amide bonds. The lowest BCUT2D eigenvalue weighted by Crippen LogP contribution is -2.18. The van der Waals surface area contributed by atoms with Gasteiger partial charge in [-0.3, -0.25) is 0 Å². The number of fused-ring (bicyclic) bond motifs is 1. The third-order valence-electron chi connectivity index (χ3n) is 3.01. The van der Waals surface area contributed by atoms with Gasteiger partial charge in [-0.05, 0) is 42.1 Å². The van der Waals surface area contributed by atoms with E-state index < -0.39 is 12.8 Å². The fraction of sp³-hybridized carbons (Fsp3) is 0.429. The zero-order valence-electron chi connectivity index (χ0n) is 11.0. The van der Waals surface area contributed by atoms with Crippen LogP contribution in [0.2, 0.25) is 0 Å². The molecule has 2 aromatic rings. The highest BCUT2D eigenvalue weighted by molar-refractivity contribution is 5.80. The largest absolute Gasteiger partial charge is 0.411 e. The van der Waals surface area contributed by atoms with E-state index in [2.05, 4.69) is 10.8 Å². The molecule has 1 heterocycles. The van der Waals surface area contributed by atoms with Crippen molar-refractivity contribution < 1.29 is 17.9 Å². The van der Waals surface area contributed by atoms with Crippen molar-refractivity contribution in [1.29, 1.82) is 0 Å². The Hall–Kier alpha value is -1.53. The van der Waals surface area contributed by atoms with E-state index in [9.17, 15) is 13.2 Å². The second-order valence-corrected chi connectivity index (χ2v) is 4.61. The van der Waals surface area contributed by atoms with Crippen LogP contribution in [0.4, 0.5) is 13.2 Å². The number of nitrogens with zero attached hydrogens (tertiary/aromatic N) is 1. The van der Waals surface area contributed by atoms with Crippen molar-refractivity contribution in [3.63, 3.8) is 0 Å². The Morgan fingerprint density at radius 3 is 2.70 bits per heavy atom. The highest BCUT2D eigenvalue weighted by Gasteiger charge is 2.27. The van der Waals surface area contributed by atoms with Gasteiger partial charge in [-0.15, -0.1) is 0 Å². The van der Waals surface area contributed by atoms with E-state index >= 15 is 0 Å². The minimum absolute atomic E-state index is 0.0356. The van der Waals surface area contributed by atoms with E-state index in [1.807, 2.05) is 29.0 Å². The maximum Gasteiger partial charge on any atom is 0.411 e. The molecule has 0 saturated heterocycles. The SMILES string of the molecule is NCCc1ccc2c(ccn2CCOCC(F)(F)F)c1. The second kappa shape index (κ2) is 6.28. The number of nitrogens with two attached hydrogens (primary N) is 1. The van der Waals surface area contributed by atoms with Crippen LogP contribution in [0.5, 0.6) is 0 Å². The van der Waals surface area contributed by atoms with Crippen LogP contribution < -0.4 is 5.73 Å². The average molecular weight is 286 g/mol. The van der Waals surface area contributed by atoms with E-state index in [-0.39, 0.29) is 6.61 Å². The summed E-state index contributed by atoms with van der Waals surface area (Å²) in [6, 6.07) is 7.95. The van der Waals surface area contributed by atoms with Gasteiger partial charge in [-0.25, -0.2) is 0 Å². The highest BCUT2D eigenvalue weighted by atomic mass is 19.4. The summed E-state index contributed by atoms with van der Waals surface area (Å²) in [5, 5.41) is 1.06. The lowest BCUT2D eigenvalue weighted by molar-refractivity contribution is -0.174. The van der Waals surface area contributed by atoms with Crippen molar-refractivity contribution in [3.05, 3.63) is 36.0 Å². The molecule has 1 aromatic carbocycles. The minimum atomic E-state index is -4.27. The second-order valence-electron chi connectivity index (χ2n) is 4.61. The van der Waals surface area contributed by atoms with Crippen LogP contribution in [0.1, 0.15) is 5.56 Å². The first-order valence-electron chi connectivity index (χ1n) is 6.42. The predicted octanol–water partition coefficient (Wildman–Crippen LogP) is 2.72. The van der Waals surface area contributed by atoms with Crippen LogP contribution in [-0.4, -0.2) is 30.5 Å². The quantitative estimate of drug-likeness (QED) is 0.829. The summed E-state index contributed by atoms with van der Waals surface area (Å²) in [6.07, 6.45) is -1.60. The van der Waals surface area contributed by atoms with Gasteiger partial charge in [0.05, 0.1) is 6.61 Å². The van der Waals surface area contributed by atoms with Gasteiger partial charge in [-0.1, -0.05) is 6.07 Å². The molecule has 0 aliphatic carbocycles. The maximum atomic E-state index is 11.9. The first-order valence-corrected chi connectivity index (χ1v) is 6.42. The van der Waals surface area contributed by atoms with E-state index in [4.69, 9.17) is 5.73 Å². The molecule has 0 bridgehead atoms. The van der Waals surface area contributed by atoms with Crippen molar-refractivity contribution in [1.82, 2.24) is 4.57 Å². The predicted molar refractivity (Wildman–Crippen MR) is 71.6 cm³/mol. The summed E-state index contributed by atoms with van der Waals surface area (Å²) in [5.41, 5.74) is 7.66. The fourth-order valence-corrected chi connectivity index (χ4v) is 2.12. The Morgan fingerprint density at radius 1 is 1.20 bits per heavy atom.